The number of aryl methyl sites for hydroxylation is 1. The van der Waals surface area contributed by atoms with Gasteiger partial charge >= 0.3 is 6.09 Å². The van der Waals surface area contributed by atoms with Gasteiger partial charge in [0.15, 0.2) is 0 Å². The first-order chi connectivity index (χ1) is 12.1. The third-order valence-corrected chi connectivity index (χ3v) is 5.98. The molecule has 0 radical (unpaired) electrons. The normalized spacial score (nSPS) is 25.0. The van der Waals surface area contributed by atoms with Crippen molar-refractivity contribution in [1.29, 1.82) is 0 Å². The number of carbonyl (C=O) groups excluding carboxylic acids is 1. The number of halogens is 1. The van der Waals surface area contributed by atoms with Gasteiger partial charge in [0, 0.05) is 17.0 Å². The number of ether oxygens (including phenoxy) is 1. The number of thiophene rings is 1. The van der Waals surface area contributed by atoms with Gasteiger partial charge in [0.1, 0.15) is 11.9 Å². The molecule has 1 aromatic heterocycles. The summed E-state index contributed by atoms with van der Waals surface area (Å²) in [6, 6.07) is 6.39. The van der Waals surface area contributed by atoms with Crippen molar-refractivity contribution in [3.8, 4) is 11.1 Å². The average molecular weight is 360 g/mol. The van der Waals surface area contributed by atoms with E-state index in [4.69, 9.17) is 4.74 Å². The summed E-state index contributed by atoms with van der Waals surface area (Å²) < 4.78 is 19.4. The first-order valence-electron chi connectivity index (χ1n) is 8.63. The minimum absolute atomic E-state index is 0.0465. The summed E-state index contributed by atoms with van der Waals surface area (Å²) in [4.78, 5) is 15.9. The third kappa shape index (κ3) is 3.55. The topological polar surface area (TPSA) is 41.6 Å². The average Bonchev–Trinajstić information content (AvgIpc) is 3.04. The van der Waals surface area contributed by atoms with E-state index in [1.807, 2.05) is 18.4 Å². The quantitative estimate of drug-likeness (QED) is 0.876. The molecule has 1 atom stereocenters. The molecule has 0 saturated carbocycles. The second-order valence-corrected chi connectivity index (χ2v) is 7.96. The number of hydrogen-bond donors (Lipinski definition) is 1. The molecule has 1 N–H and O–H groups in total. The molecule has 1 amide bonds. The lowest BCUT2D eigenvalue weighted by Gasteiger charge is -2.43. The summed E-state index contributed by atoms with van der Waals surface area (Å²) in [7, 11) is 0. The molecule has 6 heteroatoms. The van der Waals surface area contributed by atoms with Crippen molar-refractivity contribution in [2.24, 2.45) is 5.92 Å². The van der Waals surface area contributed by atoms with Crippen molar-refractivity contribution in [1.82, 2.24) is 4.90 Å². The van der Waals surface area contributed by atoms with E-state index in [-0.39, 0.29) is 11.9 Å². The van der Waals surface area contributed by atoms with Gasteiger partial charge in [-0.3, -0.25) is 10.2 Å². The third-order valence-electron chi connectivity index (χ3n) is 5.11. The standard InChI is InChI=1S/C19H21FN2O2S/c1-12-8-14(11-25-12)16-9-15(20)2-3-17(16)21-19(23)24-18-10-22-6-4-13(18)5-7-22/h2-3,8-9,11,13,18H,4-7,10H2,1H3,(H,21,23)/t18-/m0/s1. The van der Waals surface area contributed by atoms with Crippen LogP contribution in [-0.2, 0) is 4.74 Å². The van der Waals surface area contributed by atoms with Crippen LogP contribution in [0.25, 0.3) is 11.1 Å². The molecule has 0 spiro atoms. The number of piperidine rings is 3. The SMILES string of the molecule is Cc1cc(-c2cc(F)ccc2NC(=O)O[C@H]2C[N@]3CC[C@H]2CC3)cs1. The highest BCUT2D eigenvalue weighted by Gasteiger charge is 2.36. The van der Waals surface area contributed by atoms with E-state index in [1.54, 1.807) is 17.4 Å². The number of anilines is 1. The number of carbonyl (C=O) groups is 1. The van der Waals surface area contributed by atoms with E-state index < -0.39 is 6.09 Å². The molecule has 4 nitrogen and oxygen atoms in total. The molecular weight excluding hydrogens is 339 g/mol. The molecule has 1 aromatic carbocycles. The van der Waals surface area contributed by atoms with Gasteiger partial charge in [0.2, 0.25) is 0 Å². The summed E-state index contributed by atoms with van der Waals surface area (Å²) in [6.45, 7) is 5.03. The van der Waals surface area contributed by atoms with Crippen LogP contribution >= 0.6 is 11.3 Å². The van der Waals surface area contributed by atoms with Gasteiger partial charge in [-0.2, -0.15) is 0 Å². The minimum atomic E-state index is -0.460. The number of hydrogen-bond acceptors (Lipinski definition) is 4. The van der Waals surface area contributed by atoms with Gasteiger partial charge in [-0.1, -0.05) is 0 Å². The van der Waals surface area contributed by atoms with Crippen LogP contribution in [0.15, 0.2) is 29.6 Å². The molecule has 3 saturated heterocycles. The van der Waals surface area contributed by atoms with Crippen LogP contribution in [-0.4, -0.2) is 36.7 Å². The molecule has 0 aliphatic carbocycles. The maximum Gasteiger partial charge on any atom is 0.411 e. The van der Waals surface area contributed by atoms with Crippen molar-refractivity contribution < 1.29 is 13.9 Å². The highest BCUT2D eigenvalue weighted by molar-refractivity contribution is 7.10. The molecule has 0 unspecified atom stereocenters. The monoisotopic (exact) mass is 360 g/mol. The lowest BCUT2D eigenvalue weighted by molar-refractivity contribution is -0.0289. The maximum atomic E-state index is 13.7. The van der Waals surface area contributed by atoms with E-state index in [2.05, 4.69) is 10.2 Å². The molecule has 3 aliphatic heterocycles. The van der Waals surface area contributed by atoms with Crippen LogP contribution in [0, 0.1) is 18.7 Å². The zero-order valence-electron chi connectivity index (χ0n) is 14.1. The van der Waals surface area contributed by atoms with Crippen molar-refractivity contribution >= 4 is 23.1 Å². The Labute approximate surface area is 150 Å². The van der Waals surface area contributed by atoms with E-state index in [0.717, 1.165) is 42.9 Å². The summed E-state index contributed by atoms with van der Waals surface area (Å²) in [5, 5.41) is 4.78. The molecule has 4 heterocycles. The Bertz CT molecular complexity index is 783. The van der Waals surface area contributed by atoms with Gasteiger partial charge in [-0.25, -0.2) is 9.18 Å². The van der Waals surface area contributed by atoms with Gasteiger partial charge in [0.05, 0.1) is 5.69 Å². The van der Waals surface area contributed by atoms with Crippen molar-refractivity contribution in [3.05, 3.63) is 40.3 Å². The van der Waals surface area contributed by atoms with Crippen LogP contribution < -0.4 is 5.32 Å². The van der Waals surface area contributed by atoms with Crippen molar-refractivity contribution in [2.45, 2.75) is 25.9 Å². The molecule has 2 aromatic rings. The molecule has 3 aliphatic rings. The van der Waals surface area contributed by atoms with Gasteiger partial charge in [0.25, 0.3) is 0 Å². The lowest BCUT2D eigenvalue weighted by atomic mass is 9.86. The van der Waals surface area contributed by atoms with E-state index in [1.165, 1.54) is 12.1 Å². The summed E-state index contributed by atoms with van der Waals surface area (Å²) in [5.41, 5.74) is 2.15. The fourth-order valence-electron chi connectivity index (χ4n) is 3.77. The molecular formula is C19H21FN2O2S. The lowest BCUT2D eigenvalue weighted by Crippen LogP contribution is -2.52. The smallest absolute Gasteiger partial charge is 0.411 e. The zero-order valence-corrected chi connectivity index (χ0v) is 14.9. The Morgan fingerprint density at radius 1 is 1.32 bits per heavy atom. The second-order valence-electron chi connectivity index (χ2n) is 6.84. The molecule has 2 bridgehead atoms. The second kappa shape index (κ2) is 6.77. The van der Waals surface area contributed by atoms with Gasteiger partial charge in [-0.05, 0) is 74.0 Å². The van der Waals surface area contributed by atoms with Crippen LogP contribution in [0.4, 0.5) is 14.9 Å². The van der Waals surface area contributed by atoms with Gasteiger partial charge in [-0.15, -0.1) is 11.3 Å². The minimum Gasteiger partial charge on any atom is -0.444 e. The zero-order chi connectivity index (χ0) is 17.4. The fraction of sp³-hybridized carbons (Fsp3) is 0.421. The maximum absolute atomic E-state index is 13.7. The number of benzene rings is 1. The Kier molecular flexibility index (Phi) is 4.48. The molecule has 132 valence electrons. The highest BCUT2D eigenvalue weighted by Crippen LogP contribution is 2.33. The summed E-state index contributed by atoms with van der Waals surface area (Å²) >= 11 is 1.60. The Morgan fingerprint density at radius 3 is 2.76 bits per heavy atom. The van der Waals surface area contributed by atoms with Crippen LogP contribution in [0.5, 0.6) is 0 Å². The van der Waals surface area contributed by atoms with Crippen molar-refractivity contribution in [2.75, 3.05) is 25.0 Å². The fourth-order valence-corrected chi connectivity index (χ4v) is 4.47. The molecule has 25 heavy (non-hydrogen) atoms. The first-order valence-corrected chi connectivity index (χ1v) is 9.51. The highest BCUT2D eigenvalue weighted by atomic mass is 32.1. The predicted octanol–water partition coefficient (Wildman–Crippen LogP) is 4.51. The predicted molar refractivity (Wildman–Crippen MR) is 97.5 cm³/mol. The van der Waals surface area contributed by atoms with Crippen LogP contribution in [0.2, 0.25) is 0 Å². The Balaban J connectivity index is 1.49. The molecule has 3 fully saturated rings. The number of fused-ring (bicyclic) bond motifs is 3. The number of nitrogens with one attached hydrogen (secondary N) is 1. The number of rotatable bonds is 3. The number of nitrogens with zero attached hydrogens (tertiary/aromatic N) is 1. The largest absolute Gasteiger partial charge is 0.444 e. The van der Waals surface area contributed by atoms with Crippen LogP contribution in [0.3, 0.4) is 0 Å². The van der Waals surface area contributed by atoms with Gasteiger partial charge < -0.3 is 4.74 Å². The number of amides is 1. The van der Waals surface area contributed by atoms with Crippen LogP contribution in [0.1, 0.15) is 17.7 Å². The molecule has 5 rings (SSSR count). The summed E-state index contributed by atoms with van der Waals surface area (Å²) in [5.74, 6) is 0.137. The van der Waals surface area contributed by atoms with E-state index in [0.29, 0.717) is 17.2 Å². The first kappa shape index (κ1) is 16.5. The summed E-state index contributed by atoms with van der Waals surface area (Å²) in [6.07, 6.45) is 1.68. The Hall–Kier alpha value is -1.92. The van der Waals surface area contributed by atoms with E-state index >= 15 is 0 Å². The van der Waals surface area contributed by atoms with E-state index in [9.17, 15) is 9.18 Å². The van der Waals surface area contributed by atoms with Crippen molar-refractivity contribution in [3.63, 3.8) is 0 Å². The Morgan fingerprint density at radius 2 is 2.12 bits per heavy atom.